The maximum absolute atomic E-state index is 14.1. The monoisotopic (exact) mass is 553 g/mol. The molecule has 0 saturated carbocycles. The van der Waals surface area contributed by atoms with E-state index in [0.29, 0.717) is 28.8 Å². The average molecular weight is 554 g/mol. The zero-order valence-corrected chi connectivity index (χ0v) is 22.6. The summed E-state index contributed by atoms with van der Waals surface area (Å²) in [6.07, 6.45) is -4.09. The molecule has 4 rings (SSSR count). The number of ether oxygens (including phenoxy) is 1. The van der Waals surface area contributed by atoms with Gasteiger partial charge in [0.2, 0.25) is 11.8 Å². The molecular formula is C29H30F3N5O3. The van der Waals surface area contributed by atoms with Crippen LogP contribution in [0.4, 0.5) is 18.9 Å². The Hall–Kier alpha value is -4.41. The third-order valence-electron chi connectivity index (χ3n) is 6.69. The Labute approximate surface area is 229 Å². The lowest BCUT2D eigenvalue weighted by Gasteiger charge is -2.35. The molecule has 1 unspecified atom stereocenters. The Kier molecular flexibility index (Phi) is 8.13. The van der Waals surface area contributed by atoms with Crippen LogP contribution in [0, 0.1) is 0 Å². The highest BCUT2D eigenvalue weighted by atomic mass is 19.4. The van der Waals surface area contributed by atoms with Crippen molar-refractivity contribution < 1.29 is 27.5 Å². The minimum Gasteiger partial charge on any atom is -0.497 e. The van der Waals surface area contributed by atoms with Gasteiger partial charge < -0.3 is 10.1 Å². The van der Waals surface area contributed by atoms with E-state index >= 15 is 0 Å². The first-order chi connectivity index (χ1) is 18.9. The van der Waals surface area contributed by atoms with Crippen molar-refractivity contribution in [3.05, 3.63) is 83.9 Å². The number of aromatic nitrogens is 3. The standard InChI is InChI=1S/C29H30F3N5O3/c1-5-28(2,3)33-27(39)26(19-10-8-13-22(16-19)40-4)37(21-12-9-11-20(17-21)29(30,31)32)25(38)18-36-24-15-7-6-14-23(24)34-35-36/h6-17,26H,5,18H2,1-4H3,(H,33,39). The van der Waals surface area contributed by atoms with E-state index in [1.165, 1.54) is 23.9 Å². The third-order valence-corrected chi connectivity index (χ3v) is 6.69. The Bertz CT molecular complexity index is 1520. The molecule has 2 amide bonds. The second-order valence-electron chi connectivity index (χ2n) is 9.95. The first-order valence-corrected chi connectivity index (χ1v) is 12.7. The molecule has 0 radical (unpaired) electrons. The highest BCUT2D eigenvalue weighted by Crippen LogP contribution is 2.36. The maximum atomic E-state index is 14.1. The van der Waals surface area contributed by atoms with Crippen LogP contribution in [0.25, 0.3) is 11.0 Å². The van der Waals surface area contributed by atoms with Gasteiger partial charge in [0.1, 0.15) is 23.9 Å². The Morgan fingerprint density at radius 1 is 1.02 bits per heavy atom. The number of benzene rings is 3. The third kappa shape index (κ3) is 6.24. The summed E-state index contributed by atoms with van der Waals surface area (Å²) in [5.74, 6) is -0.801. The van der Waals surface area contributed by atoms with Crippen molar-refractivity contribution in [2.45, 2.75) is 51.5 Å². The van der Waals surface area contributed by atoms with Gasteiger partial charge in [0.25, 0.3) is 0 Å². The number of halogens is 3. The Morgan fingerprint density at radius 3 is 2.45 bits per heavy atom. The number of hydrogen-bond donors (Lipinski definition) is 1. The summed E-state index contributed by atoms with van der Waals surface area (Å²) in [6.45, 7) is 5.17. The van der Waals surface area contributed by atoms with Crippen LogP contribution in [0.2, 0.25) is 0 Å². The quantitative estimate of drug-likeness (QED) is 0.294. The number of fused-ring (bicyclic) bond motifs is 1. The van der Waals surface area contributed by atoms with Crippen LogP contribution in [0.1, 0.15) is 44.4 Å². The lowest BCUT2D eigenvalue weighted by atomic mass is 9.98. The number of carbonyl (C=O) groups is 2. The van der Waals surface area contributed by atoms with Crippen molar-refractivity contribution in [1.82, 2.24) is 20.3 Å². The molecule has 8 nitrogen and oxygen atoms in total. The summed E-state index contributed by atoms with van der Waals surface area (Å²) in [5.41, 5.74) is -0.229. The molecule has 1 heterocycles. The maximum Gasteiger partial charge on any atom is 0.416 e. The van der Waals surface area contributed by atoms with Gasteiger partial charge in [-0.15, -0.1) is 5.10 Å². The van der Waals surface area contributed by atoms with E-state index in [2.05, 4.69) is 15.6 Å². The van der Waals surface area contributed by atoms with Gasteiger partial charge in [-0.3, -0.25) is 14.5 Å². The van der Waals surface area contributed by atoms with E-state index < -0.39 is 35.1 Å². The van der Waals surface area contributed by atoms with E-state index in [1.54, 1.807) is 48.5 Å². The molecule has 3 aromatic carbocycles. The topological polar surface area (TPSA) is 89.4 Å². The summed E-state index contributed by atoms with van der Waals surface area (Å²) in [5, 5.41) is 11.1. The predicted molar refractivity (Wildman–Crippen MR) is 145 cm³/mol. The van der Waals surface area contributed by atoms with Gasteiger partial charge in [-0.25, -0.2) is 4.68 Å². The molecule has 0 aliphatic rings. The van der Waals surface area contributed by atoms with Gasteiger partial charge in [0.15, 0.2) is 0 Å². The molecule has 1 atom stereocenters. The number of para-hydroxylation sites is 1. The number of alkyl halides is 3. The number of amides is 2. The highest BCUT2D eigenvalue weighted by Gasteiger charge is 2.37. The molecule has 4 aromatic rings. The summed E-state index contributed by atoms with van der Waals surface area (Å²) in [4.78, 5) is 29.1. The van der Waals surface area contributed by atoms with Crippen LogP contribution in [-0.2, 0) is 22.3 Å². The van der Waals surface area contributed by atoms with E-state index in [0.717, 1.165) is 17.0 Å². The molecule has 40 heavy (non-hydrogen) atoms. The van der Waals surface area contributed by atoms with Crippen LogP contribution in [0.15, 0.2) is 72.8 Å². The molecule has 1 N–H and O–H groups in total. The summed E-state index contributed by atoms with van der Waals surface area (Å²) in [6, 6.07) is 16.6. The van der Waals surface area contributed by atoms with Crippen LogP contribution < -0.4 is 15.0 Å². The van der Waals surface area contributed by atoms with Gasteiger partial charge in [-0.1, -0.05) is 42.5 Å². The number of carbonyl (C=O) groups excluding carboxylic acids is 2. The molecule has 0 spiro atoms. The molecular weight excluding hydrogens is 523 g/mol. The van der Waals surface area contributed by atoms with Crippen molar-refractivity contribution in [3.8, 4) is 5.75 Å². The van der Waals surface area contributed by atoms with Crippen LogP contribution in [-0.4, -0.2) is 39.5 Å². The van der Waals surface area contributed by atoms with E-state index in [4.69, 9.17) is 4.74 Å². The van der Waals surface area contributed by atoms with Crippen molar-refractivity contribution in [2.24, 2.45) is 0 Å². The first kappa shape index (κ1) is 28.6. The SMILES string of the molecule is CCC(C)(C)NC(=O)C(c1cccc(OC)c1)N(C(=O)Cn1nnc2ccccc21)c1cccc(C(F)(F)F)c1. The Morgan fingerprint density at radius 2 is 1.75 bits per heavy atom. The fourth-order valence-corrected chi connectivity index (χ4v) is 4.23. The lowest BCUT2D eigenvalue weighted by molar-refractivity contribution is -0.137. The smallest absolute Gasteiger partial charge is 0.416 e. The van der Waals surface area contributed by atoms with E-state index in [9.17, 15) is 22.8 Å². The van der Waals surface area contributed by atoms with Crippen LogP contribution >= 0.6 is 0 Å². The number of hydrogen-bond acceptors (Lipinski definition) is 5. The van der Waals surface area contributed by atoms with E-state index in [-0.39, 0.29) is 12.2 Å². The lowest BCUT2D eigenvalue weighted by Crippen LogP contribution is -2.51. The zero-order valence-electron chi connectivity index (χ0n) is 22.6. The van der Waals surface area contributed by atoms with Gasteiger partial charge in [0, 0.05) is 11.2 Å². The van der Waals surface area contributed by atoms with Crippen molar-refractivity contribution in [1.29, 1.82) is 0 Å². The zero-order chi connectivity index (χ0) is 29.1. The van der Waals surface area contributed by atoms with Crippen molar-refractivity contribution >= 4 is 28.5 Å². The van der Waals surface area contributed by atoms with Gasteiger partial charge in [0.05, 0.1) is 18.2 Å². The van der Waals surface area contributed by atoms with Crippen LogP contribution in [0.5, 0.6) is 5.75 Å². The summed E-state index contributed by atoms with van der Waals surface area (Å²) < 4.78 is 47.9. The molecule has 0 saturated heterocycles. The number of nitrogens with zero attached hydrogens (tertiary/aromatic N) is 4. The molecule has 1 aromatic heterocycles. The summed E-state index contributed by atoms with van der Waals surface area (Å²) in [7, 11) is 1.46. The molecule has 0 aliphatic carbocycles. The number of nitrogens with one attached hydrogen (secondary N) is 1. The van der Waals surface area contributed by atoms with Crippen molar-refractivity contribution in [2.75, 3.05) is 12.0 Å². The second kappa shape index (κ2) is 11.4. The minimum absolute atomic E-state index is 0.0958. The molecule has 0 aliphatic heterocycles. The predicted octanol–water partition coefficient (Wildman–Crippen LogP) is 5.54. The molecule has 210 valence electrons. The summed E-state index contributed by atoms with van der Waals surface area (Å²) >= 11 is 0. The number of rotatable bonds is 9. The normalized spacial score (nSPS) is 12.7. The molecule has 11 heteroatoms. The fraction of sp³-hybridized carbons (Fsp3) is 0.310. The average Bonchev–Trinajstić information content (AvgIpc) is 3.33. The minimum atomic E-state index is -4.66. The fourth-order valence-electron chi connectivity index (χ4n) is 4.23. The van der Waals surface area contributed by atoms with Crippen molar-refractivity contribution in [3.63, 3.8) is 0 Å². The first-order valence-electron chi connectivity index (χ1n) is 12.7. The van der Waals surface area contributed by atoms with E-state index in [1.807, 2.05) is 20.8 Å². The van der Waals surface area contributed by atoms with Gasteiger partial charge >= 0.3 is 6.18 Å². The van der Waals surface area contributed by atoms with Crippen LogP contribution in [0.3, 0.4) is 0 Å². The second-order valence-corrected chi connectivity index (χ2v) is 9.95. The van der Waals surface area contributed by atoms with Gasteiger partial charge in [-0.2, -0.15) is 13.2 Å². The largest absolute Gasteiger partial charge is 0.497 e. The number of anilines is 1. The highest BCUT2D eigenvalue weighted by molar-refractivity contribution is 6.01. The molecule has 0 fully saturated rings. The number of methoxy groups -OCH3 is 1. The molecule has 0 bridgehead atoms. The Balaban J connectivity index is 1.89. The van der Waals surface area contributed by atoms with Gasteiger partial charge in [-0.05, 0) is 68.3 Å².